The molecule has 2 rings (SSSR count). The summed E-state index contributed by atoms with van der Waals surface area (Å²) in [5, 5.41) is 2.82. The van der Waals surface area contributed by atoms with Gasteiger partial charge in [0.1, 0.15) is 12.3 Å². The molecule has 19 heavy (non-hydrogen) atoms. The normalized spacial score (nSPS) is 25.4. The zero-order valence-electron chi connectivity index (χ0n) is 10.8. The van der Waals surface area contributed by atoms with Crippen molar-refractivity contribution in [3.63, 3.8) is 0 Å². The Bertz CT molecular complexity index is 426. The van der Waals surface area contributed by atoms with Gasteiger partial charge in [0.15, 0.2) is 0 Å². The van der Waals surface area contributed by atoms with E-state index in [0.29, 0.717) is 19.6 Å². The molecule has 2 heterocycles. The largest absolute Gasteiger partial charge is 0.324 e. The quantitative estimate of drug-likeness (QED) is 0.725. The predicted octanol–water partition coefficient (Wildman–Crippen LogP) is 0.959. The molecule has 2 aliphatic heterocycles. The lowest BCUT2D eigenvalue weighted by Crippen LogP contribution is -2.46. The van der Waals surface area contributed by atoms with Gasteiger partial charge in [0, 0.05) is 19.6 Å². The van der Waals surface area contributed by atoms with Crippen LogP contribution >= 0.6 is 0 Å². The minimum absolute atomic E-state index is 0.121. The Kier molecular flexibility index (Phi) is 3.59. The van der Waals surface area contributed by atoms with Crippen molar-refractivity contribution in [1.82, 2.24) is 20.0 Å². The predicted molar refractivity (Wildman–Crippen MR) is 72.2 cm³/mol. The smallest absolute Gasteiger partial charge is 0.314 e. The van der Waals surface area contributed by atoms with Gasteiger partial charge in [-0.25, -0.2) is 9.59 Å². The lowest BCUT2D eigenvalue weighted by atomic mass is 10.3. The lowest BCUT2D eigenvalue weighted by molar-refractivity contribution is 0.144. The molecule has 6 heteroatoms. The molecule has 0 spiro atoms. The third kappa shape index (κ3) is 1.99. The number of nitrogens with zero attached hydrogens (tertiary/aromatic N) is 3. The fraction of sp³-hybridized carbons (Fsp3) is 0.385. The topological polar surface area (TPSA) is 55.9 Å². The first-order valence-electron chi connectivity index (χ1n) is 6.12. The minimum atomic E-state index is -0.349. The van der Waals surface area contributed by atoms with E-state index in [1.54, 1.807) is 32.9 Å². The molecular weight excluding hydrogens is 244 g/mol. The van der Waals surface area contributed by atoms with Crippen LogP contribution in [0.5, 0.6) is 0 Å². The van der Waals surface area contributed by atoms with Crippen LogP contribution in [0.2, 0.25) is 0 Å². The van der Waals surface area contributed by atoms with E-state index in [0.717, 1.165) is 0 Å². The summed E-state index contributed by atoms with van der Waals surface area (Å²) in [6.45, 7) is 12.1. The number of hydrogen-bond acceptors (Lipinski definition) is 2. The van der Waals surface area contributed by atoms with Gasteiger partial charge in [0.2, 0.25) is 0 Å². The first kappa shape index (κ1) is 13.2. The molecule has 102 valence electrons. The Balaban J connectivity index is 2.31. The number of fused-ring (bicyclic) bond motifs is 1. The summed E-state index contributed by atoms with van der Waals surface area (Å²) in [4.78, 5) is 29.1. The van der Waals surface area contributed by atoms with Crippen molar-refractivity contribution in [2.45, 2.75) is 12.3 Å². The number of amides is 4. The van der Waals surface area contributed by atoms with Crippen LogP contribution in [0.15, 0.2) is 38.0 Å². The summed E-state index contributed by atoms with van der Waals surface area (Å²) >= 11 is 0. The number of carbonyl (C=O) groups excluding carboxylic acids is 2. The van der Waals surface area contributed by atoms with Crippen LogP contribution < -0.4 is 5.32 Å². The number of carbonyl (C=O) groups is 2. The third-order valence-corrected chi connectivity index (χ3v) is 3.26. The maximum Gasteiger partial charge on any atom is 0.324 e. The molecule has 4 amide bonds. The highest BCUT2D eigenvalue weighted by Crippen LogP contribution is 2.28. The second kappa shape index (κ2) is 5.17. The van der Waals surface area contributed by atoms with Gasteiger partial charge >= 0.3 is 12.1 Å². The molecule has 2 fully saturated rings. The zero-order valence-corrected chi connectivity index (χ0v) is 10.8. The standard InChI is InChI=1S/C13H18N4O2/c1-4-7-15-10-11(17(9-6-3)13(15)19)16(8-5-2)12(18)14-10/h4-6,10-11H,1-3,7-9H2,(H,14,18). The summed E-state index contributed by atoms with van der Waals surface area (Å²) in [5.41, 5.74) is 0. The van der Waals surface area contributed by atoms with Gasteiger partial charge in [-0.2, -0.15) is 0 Å². The van der Waals surface area contributed by atoms with Crippen LogP contribution in [-0.4, -0.2) is 58.7 Å². The van der Waals surface area contributed by atoms with Crippen LogP contribution in [0.25, 0.3) is 0 Å². The van der Waals surface area contributed by atoms with Gasteiger partial charge in [-0.1, -0.05) is 18.2 Å². The molecular formula is C13H18N4O2. The Morgan fingerprint density at radius 1 is 0.947 bits per heavy atom. The maximum atomic E-state index is 12.3. The van der Waals surface area contributed by atoms with Gasteiger partial charge < -0.3 is 5.32 Å². The minimum Gasteiger partial charge on any atom is -0.314 e. The molecule has 2 aliphatic rings. The van der Waals surface area contributed by atoms with Crippen molar-refractivity contribution in [3.8, 4) is 0 Å². The Labute approximate surface area is 112 Å². The molecule has 2 saturated heterocycles. The average molecular weight is 262 g/mol. The number of urea groups is 2. The van der Waals surface area contributed by atoms with Gasteiger partial charge in [0.05, 0.1) is 0 Å². The molecule has 0 aromatic heterocycles. The Morgan fingerprint density at radius 2 is 1.47 bits per heavy atom. The van der Waals surface area contributed by atoms with Crippen molar-refractivity contribution in [3.05, 3.63) is 38.0 Å². The molecule has 1 N–H and O–H groups in total. The summed E-state index contributed by atoms with van der Waals surface area (Å²) in [6, 6.07) is -0.311. The van der Waals surface area contributed by atoms with Gasteiger partial charge in [0.25, 0.3) is 0 Å². The summed E-state index contributed by atoms with van der Waals surface area (Å²) in [5.74, 6) is 0. The molecule has 2 atom stereocenters. The Hall–Kier alpha value is -2.24. The molecule has 0 radical (unpaired) electrons. The lowest BCUT2D eigenvalue weighted by Gasteiger charge is -2.27. The van der Waals surface area contributed by atoms with Crippen LogP contribution in [0.3, 0.4) is 0 Å². The highest BCUT2D eigenvalue weighted by molar-refractivity contribution is 5.85. The summed E-state index contributed by atoms with van der Waals surface area (Å²) < 4.78 is 0. The molecule has 2 unspecified atom stereocenters. The van der Waals surface area contributed by atoms with E-state index in [1.807, 2.05) is 0 Å². The average Bonchev–Trinajstić information content (AvgIpc) is 2.81. The van der Waals surface area contributed by atoms with Crippen LogP contribution in [0.1, 0.15) is 0 Å². The highest BCUT2D eigenvalue weighted by Gasteiger charge is 2.53. The molecule has 0 aliphatic carbocycles. The highest BCUT2D eigenvalue weighted by atomic mass is 16.2. The van der Waals surface area contributed by atoms with Gasteiger partial charge in [-0.15, -0.1) is 19.7 Å². The third-order valence-electron chi connectivity index (χ3n) is 3.26. The SMILES string of the molecule is C=CCN1C(=O)N(CC=C)C2C1NC(=O)N2CC=C. The van der Waals surface area contributed by atoms with E-state index in [2.05, 4.69) is 25.1 Å². The fourth-order valence-electron chi connectivity index (χ4n) is 2.54. The molecule has 0 saturated carbocycles. The van der Waals surface area contributed by atoms with E-state index in [4.69, 9.17) is 0 Å². The van der Waals surface area contributed by atoms with Crippen molar-refractivity contribution >= 4 is 12.1 Å². The fourth-order valence-corrected chi connectivity index (χ4v) is 2.54. The second-order valence-electron chi connectivity index (χ2n) is 4.41. The number of hydrogen-bond donors (Lipinski definition) is 1. The number of nitrogens with one attached hydrogen (secondary N) is 1. The molecule has 0 aromatic carbocycles. The van der Waals surface area contributed by atoms with Gasteiger partial charge in [-0.3, -0.25) is 14.7 Å². The summed E-state index contributed by atoms with van der Waals surface area (Å²) in [7, 11) is 0. The maximum absolute atomic E-state index is 12.3. The van der Waals surface area contributed by atoms with Crippen LogP contribution in [0, 0.1) is 0 Å². The van der Waals surface area contributed by atoms with E-state index in [1.165, 1.54) is 0 Å². The molecule has 0 bridgehead atoms. The van der Waals surface area contributed by atoms with Crippen molar-refractivity contribution in [2.75, 3.05) is 19.6 Å². The van der Waals surface area contributed by atoms with E-state index >= 15 is 0 Å². The monoisotopic (exact) mass is 262 g/mol. The van der Waals surface area contributed by atoms with Crippen molar-refractivity contribution < 1.29 is 9.59 Å². The Morgan fingerprint density at radius 3 is 2.05 bits per heavy atom. The van der Waals surface area contributed by atoms with E-state index in [-0.39, 0.29) is 24.4 Å². The van der Waals surface area contributed by atoms with Crippen molar-refractivity contribution in [2.24, 2.45) is 0 Å². The van der Waals surface area contributed by atoms with Crippen molar-refractivity contribution in [1.29, 1.82) is 0 Å². The van der Waals surface area contributed by atoms with Crippen LogP contribution in [0.4, 0.5) is 9.59 Å². The van der Waals surface area contributed by atoms with E-state index in [9.17, 15) is 9.59 Å². The second-order valence-corrected chi connectivity index (χ2v) is 4.41. The summed E-state index contributed by atoms with van der Waals surface area (Å²) in [6.07, 6.45) is 4.28. The van der Waals surface area contributed by atoms with Crippen LogP contribution in [-0.2, 0) is 0 Å². The first-order chi connectivity index (χ1) is 9.15. The zero-order chi connectivity index (χ0) is 14.0. The van der Waals surface area contributed by atoms with Gasteiger partial charge in [-0.05, 0) is 0 Å². The number of rotatable bonds is 6. The first-order valence-corrected chi connectivity index (χ1v) is 6.12. The molecule has 6 nitrogen and oxygen atoms in total. The molecule has 0 aromatic rings. The van der Waals surface area contributed by atoms with E-state index < -0.39 is 0 Å².